The summed E-state index contributed by atoms with van der Waals surface area (Å²) in [5.74, 6) is 0.0338. The van der Waals surface area contributed by atoms with E-state index in [-0.39, 0.29) is 11.9 Å². The van der Waals surface area contributed by atoms with E-state index in [1.807, 2.05) is 0 Å². The molecule has 1 aromatic rings. The number of benzene rings is 1. The second kappa shape index (κ2) is 4.16. The first-order valence-corrected chi connectivity index (χ1v) is 5.70. The van der Waals surface area contributed by atoms with Crippen LogP contribution in [0.5, 0.6) is 0 Å². The van der Waals surface area contributed by atoms with Crippen LogP contribution in [-0.2, 0) is 4.79 Å². The van der Waals surface area contributed by atoms with Gasteiger partial charge in [0.1, 0.15) is 0 Å². The van der Waals surface area contributed by atoms with Crippen molar-refractivity contribution in [1.29, 1.82) is 0 Å². The van der Waals surface area contributed by atoms with Crippen molar-refractivity contribution in [3.63, 3.8) is 0 Å². The lowest BCUT2D eigenvalue weighted by molar-refractivity contribution is -0.119. The summed E-state index contributed by atoms with van der Waals surface area (Å²) >= 11 is 0. The van der Waals surface area contributed by atoms with Crippen LogP contribution in [0.25, 0.3) is 0 Å². The fourth-order valence-corrected chi connectivity index (χ4v) is 2.29. The molecule has 0 radical (unpaired) electrons. The molecule has 0 bridgehead atoms. The van der Waals surface area contributed by atoms with Crippen LogP contribution in [0.1, 0.15) is 37.4 Å². The lowest BCUT2D eigenvalue weighted by Crippen LogP contribution is -2.35. The molecule has 0 spiro atoms. The average molecular weight is 218 g/mol. The molecule has 0 aliphatic carbocycles. The third kappa shape index (κ3) is 2.18. The molecule has 0 saturated heterocycles. The second-order valence-electron chi connectivity index (χ2n) is 4.62. The van der Waals surface area contributed by atoms with Gasteiger partial charge in [-0.3, -0.25) is 4.79 Å². The molecule has 1 amide bonds. The first-order valence-electron chi connectivity index (χ1n) is 5.70. The molecule has 2 atom stereocenters. The number of hydrogen-bond acceptors (Lipinski definition) is 2. The van der Waals surface area contributed by atoms with E-state index in [9.17, 15) is 4.79 Å². The van der Waals surface area contributed by atoms with E-state index in [0.717, 1.165) is 12.1 Å². The van der Waals surface area contributed by atoms with Gasteiger partial charge in [-0.2, -0.15) is 0 Å². The number of anilines is 1. The Morgan fingerprint density at radius 1 is 1.50 bits per heavy atom. The monoisotopic (exact) mass is 218 g/mol. The Kier molecular flexibility index (Phi) is 2.86. The van der Waals surface area contributed by atoms with Crippen LogP contribution < -0.4 is 10.6 Å². The molecule has 0 aromatic heterocycles. The van der Waals surface area contributed by atoms with Gasteiger partial charge in [-0.05, 0) is 31.9 Å². The largest absolute Gasteiger partial charge is 0.382 e. The van der Waals surface area contributed by atoms with Crippen molar-refractivity contribution in [2.75, 3.05) is 5.32 Å². The standard InChI is InChI=1S/C13H18N2O/c1-8-4-5-12-11(6-8)13(15-10(3)16)7-9(2)14-12/h4-6,9,13-14H,7H2,1-3H3,(H,15,16)/t9-,13-/m0/s1. The van der Waals surface area contributed by atoms with Crippen LogP contribution >= 0.6 is 0 Å². The number of rotatable bonds is 1. The molecule has 1 aromatic carbocycles. The SMILES string of the molecule is CC(=O)N[C@H]1C[C@H](C)Nc2ccc(C)cc21. The van der Waals surface area contributed by atoms with E-state index in [1.54, 1.807) is 6.92 Å². The number of fused-ring (bicyclic) bond motifs is 1. The highest BCUT2D eigenvalue weighted by atomic mass is 16.1. The smallest absolute Gasteiger partial charge is 0.217 e. The molecule has 0 fully saturated rings. The number of hydrogen-bond donors (Lipinski definition) is 2. The van der Waals surface area contributed by atoms with Gasteiger partial charge >= 0.3 is 0 Å². The zero-order valence-electron chi connectivity index (χ0n) is 10.0. The summed E-state index contributed by atoms with van der Waals surface area (Å²) in [5, 5.41) is 6.46. The summed E-state index contributed by atoms with van der Waals surface area (Å²) in [6, 6.07) is 6.87. The lowest BCUT2D eigenvalue weighted by atomic mass is 9.92. The Morgan fingerprint density at radius 3 is 2.94 bits per heavy atom. The molecule has 2 rings (SSSR count). The molecule has 16 heavy (non-hydrogen) atoms. The van der Waals surface area contributed by atoms with E-state index in [1.165, 1.54) is 11.1 Å². The minimum absolute atomic E-state index is 0.0338. The molecule has 0 unspecified atom stereocenters. The third-order valence-electron chi connectivity index (χ3n) is 2.95. The van der Waals surface area contributed by atoms with Crippen LogP contribution in [-0.4, -0.2) is 11.9 Å². The van der Waals surface area contributed by atoms with Gasteiger partial charge in [0.2, 0.25) is 5.91 Å². The van der Waals surface area contributed by atoms with Crippen molar-refractivity contribution >= 4 is 11.6 Å². The van der Waals surface area contributed by atoms with Crippen LogP contribution in [0.15, 0.2) is 18.2 Å². The first kappa shape index (κ1) is 11.0. The molecule has 1 aliphatic heterocycles. The lowest BCUT2D eigenvalue weighted by Gasteiger charge is -2.32. The summed E-state index contributed by atoms with van der Waals surface area (Å²) in [5.41, 5.74) is 3.57. The molecular formula is C13H18N2O. The molecule has 1 heterocycles. The molecule has 1 aliphatic rings. The molecular weight excluding hydrogens is 200 g/mol. The summed E-state index contributed by atoms with van der Waals surface area (Å²) < 4.78 is 0. The topological polar surface area (TPSA) is 41.1 Å². The van der Waals surface area contributed by atoms with Gasteiger partial charge in [0, 0.05) is 18.7 Å². The van der Waals surface area contributed by atoms with Gasteiger partial charge in [-0.25, -0.2) is 0 Å². The summed E-state index contributed by atoms with van der Waals surface area (Å²) in [6.07, 6.45) is 0.941. The van der Waals surface area contributed by atoms with Crippen molar-refractivity contribution in [1.82, 2.24) is 5.32 Å². The molecule has 0 saturated carbocycles. The Bertz CT molecular complexity index is 414. The normalized spacial score (nSPS) is 23.2. The Morgan fingerprint density at radius 2 is 2.25 bits per heavy atom. The van der Waals surface area contributed by atoms with E-state index in [0.29, 0.717) is 6.04 Å². The fraction of sp³-hybridized carbons (Fsp3) is 0.462. The average Bonchev–Trinajstić information content (AvgIpc) is 2.18. The van der Waals surface area contributed by atoms with Gasteiger partial charge in [0.25, 0.3) is 0 Å². The zero-order valence-corrected chi connectivity index (χ0v) is 10.0. The fourth-order valence-electron chi connectivity index (χ4n) is 2.29. The van der Waals surface area contributed by atoms with Crippen LogP contribution in [0.2, 0.25) is 0 Å². The first-order chi connectivity index (χ1) is 7.56. The molecule has 3 nitrogen and oxygen atoms in total. The highest BCUT2D eigenvalue weighted by Crippen LogP contribution is 2.33. The Hall–Kier alpha value is -1.51. The minimum atomic E-state index is 0.0338. The van der Waals surface area contributed by atoms with Crippen molar-refractivity contribution in [2.45, 2.75) is 39.3 Å². The van der Waals surface area contributed by atoms with Gasteiger partial charge < -0.3 is 10.6 Å². The number of carbonyl (C=O) groups excluding carboxylic acids is 1. The maximum atomic E-state index is 11.2. The quantitative estimate of drug-likeness (QED) is 0.760. The number of carbonyl (C=O) groups is 1. The molecule has 3 heteroatoms. The van der Waals surface area contributed by atoms with Crippen LogP contribution in [0, 0.1) is 6.92 Å². The second-order valence-corrected chi connectivity index (χ2v) is 4.62. The van der Waals surface area contributed by atoms with Crippen LogP contribution in [0.4, 0.5) is 5.69 Å². The van der Waals surface area contributed by atoms with Gasteiger partial charge in [-0.15, -0.1) is 0 Å². The van der Waals surface area contributed by atoms with Crippen molar-refractivity contribution < 1.29 is 4.79 Å². The summed E-state index contributed by atoms with van der Waals surface area (Å²) in [7, 11) is 0. The summed E-state index contributed by atoms with van der Waals surface area (Å²) in [6.45, 7) is 5.78. The van der Waals surface area contributed by atoms with Crippen molar-refractivity contribution in [3.05, 3.63) is 29.3 Å². The van der Waals surface area contributed by atoms with Crippen LogP contribution in [0.3, 0.4) is 0 Å². The minimum Gasteiger partial charge on any atom is -0.382 e. The number of aryl methyl sites for hydroxylation is 1. The Balaban J connectivity index is 2.35. The van der Waals surface area contributed by atoms with Gasteiger partial charge in [-0.1, -0.05) is 17.7 Å². The predicted octanol–water partition coefficient (Wildman–Crippen LogP) is 2.38. The van der Waals surface area contributed by atoms with E-state index in [2.05, 4.69) is 42.7 Å². The highest BCUT2D eigenvalue weighted by Gasteiger charge is 2.24. The molecule has 86 valence electrons. The third-order valence-corrected chi connectivity index (χ3v) is 2.95. The van der Waals surface area contributed by atoms with E-state index < -0.39 is 0 Å². The Labute approximate surface area is 96.2 Å². The number of amides is 1. The predicted molar refractivity (Wildman–Crippen MR) is 65.4 cm³/mol. The maximum Gasteiger partial charge on any atom is 0.217 e. The van der Waals surface area contributed by atoms with Crippen molar-refractivity contribution in [3.8, 4) is 0 Å². The zero-order chi connectivity index (χ0) is 11.7. The number of nitrogens with one attached hydrogen (secondary N) is 2. The molecule has 2 N–H and O–H groups in total. The van der Waals surface area contributed by atoms with E-state index >= 15 is 0 Å². The summed E-state index contributed by atoms with van der Waals surface area (Å²) in [4.78, 5) is 11.2. The van der Waals surface area contributed by atoms with E-state index in [4.69, 9.17) is 0 Å². The maximum absolute atomic E-state index is 11.2. The highest BCUT2D eigenvalue weighted by molar-refractivity contribution is 5.74. The van der Waals surface area contributed by atoms with Crippen molar-refractivity contribution in [2.24, 2.45) is 0 Å². The van der Waals surface area contributed by atoms with Gasteiger partial charge in [0.15, 0.2) is 0 Å². The van der Waals surface area contributed by atoms with Gasteiger partial charge in [0.05, 0.1) is 6.04 Å².